The molecule has 0 spiro atoms. The molecule has 0 unspecified atom stereocenters. The molecule has 0 radical (unpaired) electrons. The van der Waals surface area contributed by atoms with E-state index in [2.05, 4.69) is 15.4 Å². The quantitative estimate of drug-likeness (QED) is 0.481. The van der Waals surface area contributed by atoms with Gasteiger partial charge in [0.25, 0.3) is 5.91 Å². The van der Waals surface area contributed by atoms with Crippen molar-refractivity contribution in [2.75, 3.05) is 24.6 Å². The second-order valence-corrected chi connectivity index (χ2v) is 8.22. The topological polar surface area (TPSA) is 81.0 Å². The molecule has 0 saturated carbocycles. The minimum atomic E-state index is -0.758. The zero-order valence-corrected chi connectivity index (χ0v) is 18.6. The van der Waals surface area contributed by atoms with Crippen LogP contribution in [0.1, 0.15) is 30.5 Å². The number of anilines is 1. The number of aromatic nitrogens is 2. The van der Waals surface area contributed by atoms with Gasteiger partial charge in [0.15, 0.2) is 11.5 Å². The fourth-order valence-electron chi connectivity index (χ4n) is 4.22. The Morgan fingerprint density at radius 2 is 1.79 bits per heavy atom. The number of aryl methyl sites for hydroxylation is 1. The Kier molecular flexibility index (Phi) is 5.97. The van der Waals surface area contributed by atoms with Crippen LogP contribution in [0.5, 0.6) is 11.5 Å². The van der Waals surface area contributed by atoms with Crippen LogP contribution in [0.3, 0.4) is 0 Å². The molecular weight excluding hydrogens is 418 g/mol. The molecule has 0 bridgehead atoms. The number of piperidine rings is 1. The van der Waals surface area contributed by atoms with E-state index in [9.17, 15) is 4.79 Å². The number of hydrogen-bond acceptors (Lipinski definition) is 6. The SMILES string of the molecule is Cc1nn(-c2ccccc2)c(N2CCCCC2)c1/C=N\NC(=O)[C@H]1COc2ccccc2O1. The number of benzene rings is 2. The van der Waals surface area contributed by atoms with Crippen LogP contribution in [-0.2, 0) is 4.79 Å². The Hall–Kier alpha value is -3.81. The molecule has 5 rings (SSSR count). The lowest BCUT2D eigenvalue weighted by atomic mass is 10.1. The fraction of sp³-hybridized carbons (Fsp3) is 0.320. The van der Waals surface area contributed by atoms with Crippen LogP contribution < -0.4 is 19.8 Å². The van der Waals surface area contributed by atoms with Gasteiger partial charge in [0, 0.05) is 13.1 Å². The van der Waals surface area contributed by atoms with Crippen LogP contribution in [0.25, 0.3) is 5.69 Å². The zero-order valence-electron chi connectivity index (χ0n) is 18.6. The van der Waals surface area contributed by atoms with Gasteiger partial charge in [-0.25, -0.2) is 10.1 Å². The van der Waals surface area contributed by atoms with Crippen LogP contribution >= 0.6 is 0 Å². The van der Waals surface area contributed by atoms with Crippen LogP contribution in [0.4, 0.5) is 5.82 Å². The van der Waals surface area contributed by atoms with Gasteiger partial charge in [-0.15, -0.1) is 0 Å². The number of carbonyl (C=O) groups excluding carboxylic acids is 1. The molecule has 2 aromatic carbocycles. The van der Waals surface area contributed by atoms with Gasteiger partial charge in [-0.1, -0.05) is 30.3 Å². The normalized spacial score (nSPS) is 17.8. The fourth-order valence-corrected chi connectivity index (χ4v) is 4.22. The second kappa shape index (κ2) is 9.36. The number of para-hydroxylation sites is 3. The van der Waals surface area contributed by atoms with Crippen molar-refractivity contribution in [3.8, 4) is 17.2 Å². The number of hydrazone groups is 1. The third kappa shape index (κ3) is 4.41. The minimum Gasteiger partial charge on any atom is -0.485 e. The van der Waals surface area contributed by atoms with Gasteiger partial charge in [-0.05, 0) is 50.5 Å². The zero-order chi connectivity index (χ0) is 22.6. The van der Waals surface area contributed by atoms with Gasteiger partial charge in [0.1, 0.15) is 12.4 Å². The smallest absolute Gasteiger partial charge is 0.284 e. The van der Waals surface area contributed by atoms with Crippen molar-refractivity contribution >= 4 is 17.9 Å². The summed E-state index contributed by atoms with van der Waals surface area (Å²) < 4.78 is 13.4. The maximum absolute atomic E-state index is 12.6. The van der Waals surface area contributed by atoms with Crippen LogP contribution in [0.15, 0.2) is 59.7 Å². The molecule has 1 atom stereocenters. The molecular formula is C25H27N5O3. The summed E-state index contributed by atoms with van der Waals surface area (Å²) in [6, 6.07) is 17.4. The maximum Gasteiger partial charge on any atom is 0.284 e. The van der Waals surface area contributed by atoms with Gasteiger partial charge in [0.2, 0.25) is 6.10 Å². The molecule has 1 saturated heterocycles. The van der Waals surface area contributed by atoms with E-state index in [1.54, 1.807) is 12.3 Å². The lowest BCUT2D eigenvalue weighted by Crippen LogP contribution is -2.42. The molecule has 0 aliphatic carbocycles. The number of fused-ring (bicyclic) bond motifs is 1. The van der Waals surface area contributed by atoms with Crippen molar-refractivity contribution in [1.82, 2.24) is 15.2 Å². The Bertz CT molecular complexity index is 1150. The molecule has 1 aromatic heterocycles. The summed E-state index contributed by atoms with van der Waals surface area (Å²) in [7, 11) is 0. The third-order valence-electron chi connectivity index (χ3n) is 5.91. The molecule has 170 valence electrons. The first-order chi connectivity index (χ1) is 16.2. The van der Waals surface area contributed by atoms with E-state index in [0.29, 0.717) is 11.5 Å². The van der Waals surface area contributed by atoms with Crippen LogP contribution in [0.2, 0.25) is 0 Å². The highest BCUT2D eigenvalue weighted by Gasteiger charge is 2.27. The maximum atomic E-state index is 12.6. The van der Waals surface area contributed by atoms with Crippen molar-refractivity contribution in [3.63, 3.8) is 0 Å². The molecule has 8 heteroatoms. The number of nitrogens with zero attached hydrogens (tertiary/aromatic N) is 4. The lowest BCUT2D eigenvalue weighted by Gasteiger charge is -2.29. The monoisotopic (exact) mass is 445 g/mol. The summed E-state index contributed by atoms with van der Waals surface area (Å²) in [6.45, 7) is 4.04. The van der Waals surface area contributed by atoms with Gasteiger partial charge in [-0.2, -0.15) is 10.2 Å². The highest BCUT2D eigenvalue weighted by atomic mass is 16.6. The lowest BCUT2D eigenvalue weighted by molar-refractivity contribution is -0.130. The van der Waals surface area contributed by atoms with E-state index in [1.807, 2.05) is 60.1 Å². The average Bonchev–Trinajstić information content (AvgIpc) is 3.20. The summed E-state index contributed by atoms with van der Waals surface area (Å²) in [5.74, 6) is 1.84. The van der Waals surface area contributed by atoms with Crippen molar-refractivity contribution in [1.29, 1.82) is 0 Å². The Morgan fingerprint density at radius 3 is 2.58 bits per heavy atom. The minimum absolute atomic E-state index is 0.141. The van der Waals surface area contributed by atoms with Crippen molar-refractivity contribution < 1.29 is 14.3 Å². The molecule has 3 heterocycles. The highest BCUT2D eigenvalue weighted by molar-refractivity contribution is 5.90. The number of amides is 1. The van der Waals surface area contributed by atoms with Crippen molar-refractivity contribution in [2.24, 2.45) is 5.10 Å². The van der Waals surface area contributed by atoms with E-state index < -0.39 is 6.10 Å². The second-order valence-electron chi connectivity index (χ2n) is 8.22. The molecule has 1 N–H and O–H groups in total. The molecule has 1 amide bonds. The first-order valence-electron chi connectivity index (χ1n) is 11.3. The van der Waals surface area contributed by atoms with E-state index in [-0.39, 0.29) is 12.5 Å². The highest BCUT2D eigenvalue weighted by Crippen LogP contribution is 2.31. The van der Waals surface area contributed by atoms with Gasteiger partial charge in [-0.3, -0.25) is 4.79 Å². The Labute approximate surface area is 192 Å². The Balaban J connectivity index is 1.36. The summed E-state index contributed by atoms with van der Waals surface area (Å²) in [6.07, 6.45) is 4.45. The summed E-state index contributed by atoms with van der Waals surface area (Å²) in [5.41, 5.74) is 5.35. The molecule has 3 aromatic rings. The number of rotatable bonds is 5. The summed E-state index contributed by atoms with van der Waals surface area (Å²) in [5, 5.41) is 9.05. The average molecular weight is 446 g/mol. The van der Waals surface area contributed by atoms with E-state index >= 15 is 0 Å². The largest absolute Gasteiger partial charge is 0.485 e. The van der Waals surface area contributed by atoms with Crippen LogP contribution in [0, 0.1) is 6.92 Å². The summed E-state index contributed by atoms with van der Waals surface area (Å²) >= 11 is 0. The van der Waals surface area contributed by atoms with Crippen molar-refractivity contribution in [2.45, 2.75) is 32.3 Å². The first kappa shape index (κ1) is 21.1. The van der Waals surface area contributed by atoms with Gasteiger partial charge < -0.3 is 14.4 Å². The number of carbonyl (C=O) groups is 1. The van der Waals surface area contributed by atoms with Gasteiger partial charge in [0.05, 0.1) is 23.2 Å². The molecule has 1 fully saturated rings. The third-order valence-corrected chi connectivity index (χ3v) is 5.91. The number of nitrogens with one attached hydrogen (secondary N) is 1. The Morgan fingerprint density at radius 1 is 1.06 bits per heavy atom. The van der Waals surface area contributed by atoms with E-state index in [0.717, 1.165) is 48.7 Å². The molecule has 33 heavy (non-hydrogen) atoms. The number of hydrogen-bond donors (Lipinski definition) is 1. The predicted octanol–water partition coefficient (Wildman–Crippen LogP) is 3.46. The summed E-state index contributed by atoms with van der Waals surface area (Å²) in [4.78, 5) is 15.0. The first-order valence-corrected chi connectivity index (χ1v) is 11.3. The molecule has 2 aliphatic rings. The number of ether oxygens (including phenoxy) is 2. The molecule has 2 aliphatic heterocycles. The van der Waals surface area contributed by atoms with Crippen molar-refractivity contribution in [3.05, 3.63) is 65.9 Å². The van der Waals surface area contributed by atoms with E-state index in [1.165, 1.54) is 6.42 Å². The van der Waals surface area contributed by atoms with E-state index in [4.69, 9.17) is 14.6 Å². The van der Waals surface area contributed by atoms with Gasteiger partial charge >= 0.3 is 0 Å². The van der Waals surface area contributed by atoms with Crippen LogP contribution in [-0.4, -0.2) is 47.7 Å². The standard InChI is InChI=1S/C25H27N5O3/c1-18-20(16-26-27-24(31)23-17-32-21-12-6-7-13-22(21)33-23)25(29-14-8-3-9-15-29)30(28-18)19-10-4-2-5-11-19/h2,4-7,10-13,16,23H,3,8-9,14-15,17H2,1H3,(H,27,31)/b26-16-/t23-/m1/s1. The molecule has 8 nitrogen and oxygen atoms in total. The predicted molar refractivity (Wildman–Crippen MR) is 126 cm³/mol.